The summed E-state index contributed by atoms with van der Waals surface area (Å²) < 4.78 is 13.8. The van der Waals surface area contributed by atoms with Crippen LogP contribution in [0.25, 0.3) is 10.9 Å². The second-order valence-electron chi connectivity index (χ2n) is 4.44. The van der Waals surface area contributed by atoms with Gasteiger partial charge in [-0.3, -0.25) is 4.98 Å². The Hall–Kier alpha value is -2.13. The minimum Gasteiger partial charge on any atom is -0.380 e. The summed E-state index contributed by atoms with van der Waals surface area (Å²) in [6, 6.07) is 14.7. The quantitative estimate of drug-likeness (QED) is 0.759. The van der Waals surface area contributed by atoms with Gasteiger partial charge in [-0.1, -0.05) is 29.8 Å². The minimum absolute atomic E-state index is 0.142. The molecule has 2 nitrogen and oxygen atoms in total. The maximum atomic E-state index is 13.8. The van der Waals surface area contributed by atoms with Gasteiger partial charge in [-0.2, -0.15) is 0 Å². The molecule has 0 aliphatic heterocycles. The summed E-state index contributed by atoms with van der Waals surface area (Å²) >= 11 is 5.78. The molecule has 0 bridgehead atoms. The first-order valence-electron chi connectivity index (χ1n) is 6.26. The van der Waals surface area contributed by atoms with E-state index in [0.717, 1.165) is 16.6 Å². The number of anilines is 1. The van der Waals surface area contributed by atoms with E-state index in [-0.39, 0.29) is 10.8 Å². The fourth-order valence-electron chi connectivity index (χ4n) is 2.13. The standard InChI is InChI=1S/C16H12ClFN2/c17-13-6-1-4-11(16(13)18)10-20-15-8-2-7-14-12(15)5-3-9-19-14/h1-9,20H,10H2. The number of benzene rings is 2. The van der Waals surface area contributed by atoms with Crippen molar-refractivity contribution in [3.63, 3.8) is 0 Å². The van der Waals surface area contributed by atoms with Crippen LogP contribution in [0.2, 0.25) is 5.02 Å². The van der Waals surface area contributed by atoms with Crippen molar-refractivity contribution in [2.24, 2.45) is 0 Å². The van der Waals surface area contributed by atoms with Crippen molar-refractivity contribution in [3.05, 3.63) is 71.1 Å². The largest absolute Gasteiger partial charge is 0.380 e. The monoisotopic (exact) mass is 286 g/mol. The normalized spacial score (nSPS) is 10.7. The van der Waals surface area contributed by atoms with E-state index >= 15 is 0 Å². The predicted molar refractivity (Wildman–Crippen MR) is 80.5 cm³/mol. The van der Waals surface area contributed by atoms with Crippen molar-refractivity contribution >= 4 is 28.2 Å². The van der Waals surface area contributed by atoms with E-state index in [2.05, 4.69) is 10.3 Å². The Morgan fingerprint density at radius 1 is 1.05 bits per heavy atom. The molecule has 0 amide bonds. The van der Waals surface area contributed by atoms with Gasteiger partial charge in [0.1, 0.15) is 5.82 Å². The highest BCUT2D eigenvalue weighted by Gasteiger charge is 2.07. The SMILES string of the molecule is Fc1c(Cl)cccc1CNc1cccc2ncccc12. The number of hydrogen-bond donors (Lipinski definition) is 1. The molecule has 1 heterocycles. The summed E-state index contributed by atoms with van der Waals surface area (Å²) in [5.41, 5.74) is 2.37. The molecule has 1 N–H and O–H groups in total. The molecule has 20 heavy (non-hydrogen) atoms. The van der Waals surface area contributed by atoms with Gasteiger partial charge in [-0.05, 0) is 30.3 Å². The minimum atomic E-state index is -0.375. The summed E-state index contributed by atoms with van der Waals surface area (Å²) in [6.07, 6.45) is 1.75. The van der Waals surface area contributed by atoms with E-state index < -0.39 is 0 Å². The van der Waals surface area contributed by atoms with Crippen LogP contribution in [0.1, 0.15) is 5.56 Å². The Bertz CT molecular complexity index is 753. The fraction of sp³-hybridized carbons (Fsp3) is 0.0625. The molecule has 100 valence electrons. The van der Waals surface area contributed by atoms with Crippen LogP contribution >= 0.6 is 11.6 Å². The maximum Gasteiger partial charge on any atom is 0.146 e. The van der Waals surface area contributed by atoms with Crippen LogP contribution in [0, 0.1) is 5.82 Å². The van der Waals surface area contributed by atoms with Gasteiger partial charge in [-0.25, -0.2) is 4.39 Å². The van der Waals surface area contributed by atoms with E-state index in [1.165, 1.54) is 0 Å². The van der Waals surface area contributed by atoms with Gasteiger partial charge in [-0.15, -0.1) is 0 Å². The van der Waals surface area contributed by atoms with Crippen LogP contribution in [0.5, 0.6) is 0 Å². The molecule has 0 spiro atoms. The highest BCUT2D eigenvalue weighted by atomic mass is 35.5. The van der Waals surface area contributed by atoms with Crippen molar-refractivity contribution in [1.82, 2.24) is 4.98 Å². The van der Waals surface area contributed by atoms with E-state index in [9.17, 15) is 4.39 Å². The number of hydrogen-bond acceptors (Lipinski definition) is 2. The zero-order valence-corrected chi connectivity index (χ0v) is 11.4. The van der Waals surface area contributed by atoms with Crippen LogP contribution in [0.4, 0.5) is 10.1 Å². The zero-order valence-electron chi connectivity index (χ0n) is 10.6. The molecule has 0 saturated heterocycles. The zero-order chi connectivity index (χ0) is 13.9. The lowest BCUT2D eigenvalue weighted by Gasteiger charge is -2.10. The molecular weight excluding hydrogens is 275 g/mol. The van der Waals surface area contributed by atoms with Crippen molar-refractivity contribution in [2.45, 2.75) is 6.54 Å². The van der Waals surface area contributed by atoms with Crippen molar-refractivity contribution in [1.29, 1.82) is 0 Å². The Labute approximate surface area is 121 Å². The summed E-state index contributed by atoms with van der Waals surface area (Å²) in [5, 5.41) is 4.39. The molecule has 0 unspecified atom stereocenters. The second kappa shape index (κ2) is 5.47. The third-order valence-corrected chi connectivity index (χ3v) is 3.44. The number of aromatic nitrogens is 1. The molecule has 0 radical (unpaired) electrons. The van der Waals surface area contributed by atoms with Crippen molar-refractivity contribution in [3.8, 4) is 0 Å². The average molecular weight is 287 g/mol. The summed E-state index contributed by atoms with van der Waals surface area (Å²) in [7, 11) is 0. The Morgan fingerprint density at radius 2 is 1.90 bits per heavy atom. The fourth-order valence-corrected chi connectivity index (χ4v) is 2.33. The molecule has 3 rings (SSSR count). The van der Waals surface area contributed by atoms with Crippen LogP contribution in [0.3, 0.4) is 0 Å². The predicted octanol–water partition coefficient (Wildman–Crippen LogP) is 4.64. The lowest BCUT2D eigenvalue weighted by molar-refractivity contribution is 0.613. The van der Waals surface area contributed by atoms with Crippen LogP contribution < -0.4 is 5.32 Å². The Morgan fingerprint density at radius 3 is 2.80 bits per heavy atom. The first-order chi connectivity index (χ1) is 9.75. The molecule has 1 aromatic heterocycles. The lowest BCUT2D eigenvalue weighted by atomic mass is 10.1. The Kier molecular flexibility index (Phi) is 3.52. The molecule has 0 fully saturated rings. The first-order valence-corrected chi connectivity index (χ1v) is 6.64. The Balaban J connectivity index is 1.89. The van der Waals surface area contributed by atoms with Gasteiger partial charge in [0, 0.05) is 29.4 Å². The van der Waals surface area contributed by atoms with E-state index in [0.29, 0.717) is 12.1 Å². The third kappa shape index (κ3) is 2.45. The lowest BCUT2D eigenvalue weighted by Crippen LogP contribution is -2.02. The average Bonchev–Trinajstić information content (AvgIpc) is 2.49. The van der Waals surface area contributed by atoms with Gasteiger partial charge >= 0.3 is 0 Å². The van der Waals surface area contributed by atoms with E-state index in [4.69, 9.17) is 11.6 Å². The van der Waals surface area contributed by atoms with Crippen LogP contribution in [-0.4, -0.2) is 4.98 Å². The van der Waals surface area contributed by atoms with Gasteiger partial charge < -0.3 is 5.32 Å². The number of halogens is 2. The molecule has 0 atom stereocenters. The number of nitrogens with one attached hydrogen (secondary N) is 1. The summed E-state index contributed by atoms with van der Waals surface area (Å²) in [5.74, 6) is -0.375. The van der Waals surface area contributed by atoms with E-state index in [1.807, 2.05) is 30.3 Å². The maximum absolute atomic E-state index is 13.8. The first kappa shape index (κ1) is 12.9. The molecule has 0 saturated carbocycles. The number of fused-ring (bicyclic) bond motifs is 1. The summed E-state index contributed by atoms with van der Waals surface area (Å²) in [4.78, 5) is 4.29. The van der Waals surface area contributed by atoms with Crippen molar-refractivity contribution < 1.29 is 4.39 Å². The second-order valence-corrected chi connectivity index (χ2v) is 4.85. The van der Waals surface area contributed by atoms with Crippen molar-refractivity contribution in [2.75, 3.05) is 5.32 Å². The topological polar surface area (TPSA) is 24.9 Å². The molecule has 4 heteroatoms. The molecule has 2 aromatic carbocycles. The van der Waals surface area contributed by atoms with Gasteiger partial charge in [0.05, 0.1) is 10.5 Å². The molecular formula is C16H12ClFN2. The smallest absolute Gasteiger partial charge is 0.146 e. The molecule has 0 aliphatic rings. The van der Waals surface area contributed by atoms with Gasteiger partial charge in [0.25, 0.3) is 0 Å². The molecule has 3 aromatic rings. The number of rotatable bonds is 3. The van der Waals surface area contributed by atoms with Gasteiger partial charge in [0.2, 0.25) is 0 Å². The number of pyridine rings is 1. The number of nitrogens with zero attached hydrogens (tertiary/aromatic N) is 1. The van der Waals surface area contributed by atoms with Crippen LogP contribution in [0.15, 0.2) is 54.7 Å². The van der Waals surface area contributed by atoms with Crippen LogP contribution in [-0.2, 0) is 6.54 Å². The molecule has 0 aliphatic carbocycles. The van der Waals surface area contributed by atoms with E-state index in [1.54, 1.807) is 24.4 Å². The third-order valence-electron chi connectivity index (χ3n) is 3.15. The van der Waals surface area contributed by atoms with Gasteiger partial charge in [0.15, 0.2) is 0 Å². The summed E-state index contributed by atoms with van der Waals surface area (Å²) in [6.45, 7) is 0.375. The highest BCUT2D eigenvalue weighted by molar-refractivity contribution is 6.30. The highest BCUT2D eigenvalue weighted by Crippen LogP contribution is 2.23.